The Balaban J connectivity index is 2.17. The third-order valence-corrected chi connectivity index (χ3v) is 3.09. The van der Waals surface area contributed by atoms with Crippen LogP contribution in [0.2, 0.25) is 0 Å². The number of benzene rings is 1. The number of hydrogen-bond acceptors (Lipinski definition) is 4. The summed E-state index contributed by atoms with van der Waals surface area (Å²) in [5.74, 6) is 0.403. The number of anilines is 1. The van der Waals surface area contributed by atoms with Gasteiger partial charge in [-0.05, 0) is 18.6 Å². The van der Waals surface area contributed by atoms with Crippen molar-refractivity contribution in [3.05, 3.63) is 23.8 Å². The third-order valence-electron chi connectivity index (χ3n) is 3.09. The zero-order valence-electron chi connectivity index (χ0n) is 10.9. The van der Waals surface area contributed by atoms with Crippen molar-refractivity contribution in [2.45, 2.75) is 25.8 Å². The zero-order valence-corrected chi connectivity index (χ0v) is 10.9. The second-order valence-corrected chi connectivity index (χ2v) is 4.40. The highest BCUT2D eigenvalue weighted by Gasteiger charge is 2.20. The van der Waals surface area contributed by atoms with Gasteiger partial charge in [-0.2, -0.15) is 5.26 Å². The molecule has 0 spiro atoms. The molecule has 5 nitrogen and oxygen atoms in total. The molecule has 1 aliphatic rings. The first kappa shape index (κ1) is 13.2. The largest absolute Gasteiger partial charge is 0.489 e. The molecule has 1 unspecified atom stereocenters. The summed E-state index contributed by atoms with van der Waals surface area (Å²) in [5.41, 5.74) is 1.35. The van der Waals surface area contributed by atoms with Crippen LogP contribution in [0.1, 0.15) is 30.1 Å². The van der Waals surface area contributed by atoms with Gasteiger partial charge in [0.15, 0.2) is 5.75 Å². The van der Waals surface area contributed by atoms with Gasteiger partial charge >= 0.3 is 0 Å². The quantitative estimate of drug-likeness (QED) is 0.866. The minimum Gasteiger partial charge on any atom is -0.489 e. The van der Waals surface area contributed by atoms with E-state index in [2.05, 4.69) is 16.7 Å². The van der Waals surface area contributed by atoms with E-state index in [4.69, 9.17) is 10.00 Å². The summed E-state index contributed by atoms with van der Waals surface area (Å²) in [6.07, 6.45) is 1.05. The molecule has 1 aromatic rings. The molecule has 1 amide bonds. The van der Waals surface area contributed by atoms with Crippen LogP contribution in [0, 0.1) is 11.3 Å². The van der Waals surface area contributed by atoms with Crippen molar-refractivity contribution in [1.82, 2.24) is 5.32 Å². The minimum absolute atomic E-state index is 0.120. The number of fused-ring (bicyclic) bond motifs is 1. The number of nitrogens with zero attached hydrogens (tertiary/aromatic N) is 1. The lowest BCUT2D eigenvalue weighted by molar-refractivity contribution is 0.0932. The molecule has 100 valence electrons. The molecule has 5 heteroatoms. The molecule has 1 aliphatic heterocycles. The standard InChI is InChI=1S/C14H17N3O2/c1-2-10(6-7-15)17-14(18)11-4-3-5-12-13(11)19-9-8-16-12/h3-5,10,16H,2,6,8-9H2,1H3,(H,17,18). The predicted octanol–water partition coefficient (Wildman–Crippen LogP) is 1.91. The number of carbonyl (C=O) groups excluding carboxylic acids is 1. The van der Waals surface area contributed by atoms with Gasteiger partial charge in [0.05, 0.1) is 23.7 Å². The van der Waals surface area contributed by atoms with Gasteiger partial charge in [-0.25, -0.2) is 0 Å². The highest BCUT2D eigenvalue weighted by Crippen LogP contribution is 2.31. The van der Waals surface area contributed by atoms with E-state index in [1.807, 2.05) is 19.1 Å². The van der Waals surface area contributed by atoms with Crippen LogP contribution < -0.4 is 15.4 Å². The van der Waals surface area contributed by atoms with Crippen LogP contribution in [0.4, 0.5) is 5.69 Å². The summed E-state index contributed by atoms with van der Waals surface area (Å²) in [6, 6.07) is 7.40. The molecule has 1 heterocycles. The van der Waals surface area contributed by atoms with Crippen molar-refractivity contribution >= 4 is 11.6 Å². The Hall–Kier alpha value is -2.22. The lowest BCUT2D eigenvalue weighted by Crippen LogP contribution is -2.34. The number of carbonyl (C=O) groups is 1. The molecular weight excluding hydrogens is 242 g/mol. The highest BCUT2D eigenvalue weighted by molar-refractivity contribution is 5.99. The van der Waals surface area contributed by atoms with Crippen LogP contribution >= 0.6 is 0 Å². The minimum atomic E-state index is -0.192. The topological polar surface area (TPSA) is 74.2 Å². The average molecular weight is 259 g/mol. The Morgan fingerprint density at radius 3 is 3.21 bits per heavy atom. The van der Waals surface area contributed by atoms with E-state index in [1.165, 1.54) is 0 Å². The third kappa shape index (κ3) is 2.97. The Labute approximate surface area is 112 Å². The fourth-order valence-electron chi connectivity index (χ4n) is 2.02. The molecule has 0 radical (unpaired) electrons. The molecule has 0 aliphatic carbocycles. The van der Waals surface area contributed by atoms with E-state index in [-0.39, 0.29) is 11.9 Å². The Bertz CT molecular complexity index is 508. The molecule has 2 N–H and O–H groups in total. The van der Waals surface area contributed by atoms with Gasteiger partial charge < -0.3 is 15.4 Å². The number of hydrogen-bond donors (Lipinski definition) is 2. The molecule has 2 rings (SSSR count). The normalized spacial score (nSPS) is 14.3. The van der Waals surface area contributed by atoms with Gasteiger partial charge in [-0.1, -0.05) is 13.0 Å². The summed E-state index contributed by atoms with van der Waals surface area (Å²) in [6.45, 7) is 3.23. The Morgan fingerprint density at radius 2 is 2.47 bits per heavy atom. The van der Waals surface area contributed by atoms with E-state index in [0.717, 1.165) is 18.7 Å². The van der Waals surface area contributed by atoms with E-state index in [1.54, 1.807) is 6.07 Å². The van der Waals surface area contributed by atoms with E-state index in [9.17, 15) is 4.79 Å². The van der Waals surface area contributed by atoms with E-state index in [0.29, 0.717) is 24.3 Å². The molecular formula is C14H17N3O2. The van der Waals surface area contributed by atoms with Crippen LogP contribution in [0.3, 0.4) is 0 Å². The first-order valence-electron chi connectivity index (χ1n) is 6.43. The smallest absolute Gasteiger partial charge is 0.255 e. The summed E-state index contributed by atoms with van der Waals surface area (Å²) in [5, 5.41) is 14.8. The number of para-hydroxylation sites is 1. The molecule has 0 fully saturated rings. The van der Waals surface area contributed by atoms with E-state index >= 15 is 0 Å². The summed E-state index contributed by atoms with van der Waals surface area (Å²) >= 11 is 0. The maximum Gasteiger partial charge on any atom is 0.255 e. The SMILES string of the molecule is CCC(CC#N)NC(=O)c1cccc2c1OCCN2. The second-order valence-electron chi connectivity index (χ2n) is 4.40. The summed E-state index contributed by atoms with van der Waals surface area (Å²) in [4.78, 5) is 12.2. The molecule has 0 saturated heterocycles. The molecule has 1 aromatic carbocycles. The van der Waals surface area contributed by atoms with E-state index < -0.39 is 0 Å². The zero-order chi connectivity index (χ0) is 13.7. The van der Waals surface area contributed by atoms with Gasteiger partial charge in [-0.3, -0.25) is 4.79 Å². The van der Waals surface area contributed by atoms with Gasteiger partial charge in [0, 0.05) is 12.6 Å². The average Bonchev–Trinajstić information content (AvgIpc) is 2.46. The maximum absolute atomic E-state index is 12.2. The molecule has 19 heavy (non-hydrogen) atoms. The number of amides is 1. The van der Waals surface area contributed by atoms with Gasteiger partial charge in [0.1, 0.15) is 6.61 Å². The van der Waals surface area contributed by atoms with Crippen LogP contribution in [0.25, 0.3) is 0 Å². The maximum atomic E-state index is 12.2. The van der Waals surface area contributed by atoms with Gasteiger partial charge in [0.25, 0.3) is 5.91 Å². The lowest BCUT2D eigenvalue weighted by Gasteiger charge is -2.22. The fourth-order valence-corrected chi connectivity index (χ4v) is 2.02. The Kier molecular flexibility index (Phi) is 4.24. The number of nitriles is 1. The number of rotatable bonds is 4. The second kappa shape index (κ2) is 6.10. The lowest BCUT2D eigenvalue weighted by atomic mass is 10.1. The molecule has 0 bridgehead atoms. The summed E-state index contributed by atoms with van der Waals surface area (Å²) in [7, 11) is 0. The van der Waals surface area contributed by atoms with Crippen molar-refractivity contribution in [2.75, 3.05) is 18.5 Å². The number of ether oxygens (including phenoxy) is 1. The van der Waals surface area contributed by atoms with Gasteiger partial charge in [-0.15, -0.1) is 0 Å². The van der Waals surface area contributed by atoms with Crippen molar-refractivity contribution in [2.24, 2.45) is 0 Å². The van der Waals surface area contributed by atoms with Crippen LogP contribution in [0.5, 0.6) is 5.75 Å². The highest BCUT2D eigenvalue weighted by atomic mass is 16.5. The monoisotopic (exact) mass is 259 g/mol. The summed E-state index contributed by atoms with van der Waals surface area (Å²) < 4.78 is 5.56. The molecule has 0 saturated carbocycles. The van der Waals surface area contributed by atoms with Crippen LogP contribution in [0.15, 0.2) is 18.2 Å². The first-order valence-corrected chi connectivity index (χ1v) is 6.43. The van der Waals surface area contributed by atoms with Crippen LogP contribution in [-0.2, 0) is 0 Å². The van der Waals surface area contributed by atoms with Crippen molar-refractivity contribution in [3.63, 3.8) is 0 Å². The molecule has 0 aromatic heterocycles. The van der Waals surface area contributed by atoms with Crippen LogP contribution in [-0.4, -0.2) is 25.1 Å². The first-order chi connectivity index (χ1) is 9.26. The van der Waals surface area contributed by atoms with Crippen molar-refractivity contribution in [1.29, 1.82) is 5.26 Å². The van der Waals surface area contributed by atoms with Crippen molar-refractivity contribution < 1.29 is 9.53 Å². The Morgan fingerprint density at radius 1 is 1.63 bits per heavy atom. The van der Waals surface area contributed by atoms with Crippen molar-refractivity contribution in [3.8, 4) is 11.8 Å². The molecule has 1 atom stereocenters. The predicted molar refractivity (Wildman–Crippen MR) is 72.2 cm³/mol. The number of nitrogens with one attached hydrogen (secondary N) is 2. The fraction of sp³-hybridized carbons (Fsp3) is 0.429. The van der Waals surface area contributed by atoms with Gasteiger partial charge in [0.2, 0.25) is 0 Å².